The van der Waals surface area contributed by atoms with Crippen molar-refractivity contribution in [2.24, 2.45) is 7.05 Å². The number of hydrogen-bond donors (Lipinski definition) is 0. The summed E-state index contributed by atoms with van der Waals surface area (Å²) in [5, 5.41) is 3.95. The van der Waals surface area contributed by atoms with E-state index in [2.05, 4.69) is 9.28 Å². The summed E-state index contributed by atoms with van der Waals surface area (Å²) in [6.45, 7) is 0. The van der Waals surface area contributed by atoms with Gasteiger partial charge >= 0.3 is 15.6 Å². The Kier molecular flexibility index (Phi) is 3.33. The molecule has 1 aromatic rings. The Hall–Kier alpha value is -1.51. The average molecular weight is 296 g/mol. The molecule has 19 heavy (non-hydrogen) atoms. The van der Waals surface area contributed by atoms with Crippen LogP contribution in [-0.2, 0) is 21.3 Å². The third kappa shape index (κ3) is 2.75. The standard InChI is InChI=1S/C10H11F3N2O3S/c1-15-9(4-5-14-15)7-2-3-8(6-7)18-19(16,17)10(11,12)13/h4-7H,2-3H2,1H3. The van der Waals surface area contributed by atoms with E-state index in [9.17, 15) is 21.6 Å². The molecule has 0 aliphatic heterocycles. The zero-order chi connectivity index (χ0) is 14.3. The van der Waals surface area contributed by atoms with Gasteiger partial charge in [-0.2, -0.15) is 26.7 Å². The smallest absolute Gasteiger partial charge is 0.381 e. The van der Waals surface area contributed by atoms with Crippen molar-refractivity contribution in [3.8, 4) is 0 Å². The van der Waals surface area contributed by atoms with Crippen LogP contribution in [0.4, 0.5) is 13.2 Å². The van der Waals surface area contributed by atoms with Gasteiger partial charge in [-0.3, -0.25) is 4.68 Å². The van der Waals surface area contributed by atoms with Crippen molar-refractivity contribution in [3.63, 3.8) is 0 Å². The van der Waals surface area contributed by atoms with Gasteiger partial charge in [0, 0.05) is 31.3 Å². The molecule has 9 heteroatoms. The lowest BCUT2D eigenvalue weighted by Crippen LogP contribution is -2.25. The predicted molar refractivity (Wildman–Crippen MR) is 59.3 cm³/mol. The lowest BCUT2D eigenvalue weighted by molar-refractivity contribution is -0.0522. The SMILES string of the molecule is Cn1nccc1C1C=C(OS(=O)(=O)C(F)(F)F)CC1. The number of nitrogens with zero attached hydrogens (tertiary/aromatic N) is 2. The minimum Gasteiger partial charge on any atom is -0.381 e. The molecule has 1 heterocycles. The molecular formula is C10H11F3N2O3S. The molecule has 0 amide bonds. The number of aryl methyl sites for hydroxylation is 1. The Bertz CT molecular complexity index is 604. The van der Waals surface area contributed by atoms with Gasteiger partial charge in [-0.15, -0.1) is 0 Å². The van der Waals surface area contributed by atoms with Crippen LogP contribution in [0.25, 0.3) is 0 Å². The monoisotopic (exact) mass is 296 g/mol. The summed E-state index contributed by atoms with van der Waals surface area (Å²) in [5.41, 5.74) is -4.61. The molecule has 1 unspecified atom stereocenters. The van der Waals surface area contributed by atoms with Crippen LogP contribution in [0.3, 0.4) is 0 Å². The fourth-order valence-corrected chi connectivity index (χ4v) is 2.44. The Labute approximate surface area is 107 Å². The number of hydrogen-bond acceptors (Lipinski definition) is 4. The molecular weight excluding hydrogens is 285 g/mol. The summed E-state index contributed by atoms with van der Waals surface area (Å²) in [6, 6.07) is 1.72. The first-order chi connectivity index (χ1) is 8.71. The summed E-state index contributed by atoms with van der Waals surface area (Å²) in [5.74, 6) is -0.366. The highest BCUT2D eigenvalue weighted by atomic mass is 32.2. The molecule has 0 saturated heterocycles. The van der Waals surface area contributed by atoms with Gasteiger partial charge < -0.3 is 4.18 Å². The second kappa shape index (κ2) is 4.55. The fraction of sp³-hybridized carbons (Fsp3) is 0.500. The van der Waals surface area contributed by atoms with Gasteiger partial charge in [0.25, 0.3) is 0 Å². The van der Waals surface area contributed by atoms with Crippen molar-refractivity contribution >= 4 is 10.1 Å². The zero-order valence-electron chi connectivity index (χ0n) is 9.88. The van der Waals surface area contributed by atoms with E-state index in [4.69, 9.17) is 0 Å². The van der Waals surface area contributed by atoms with Gasteiger partial charge in [0.1, 0.15) is 5.76 Å². The topological polar surface area (TPSA) is 61.2 Å². The van der Waals surface area contributed by atoms with Gasteiger partial charge in [-0.05, 0) is 18.6 Å². The van der Waals surface area contributed by atoms with Crippen molar-refractivity contribution in [3.05, 3.63) is 29.8 Å². The van der Waals surface area contributed by atoms with Crippen molar-refractivity contribution in [2.45, 2.75) is 24.3 Å². The normalized spacial score (nSPS) is 20.4. The van der Waals surface area contributed by atoms with Crippen molar-refractivity contribution in [1.82, 2.24) is 9.78 Å². The lowest BCUT2D eigenvalue weighted by Gasteiger charge is -2.09. The molecule has 0 saturated carbocycles. The van der Waals surface area contributed by atoms with E-state index < -0.39 is 15.6 Å². The predicted octanol–water partition coefficient (Wildman–Crippen LogP) is 2.05. The number of alkyl halides is 3. The molecule has 0 fully saturated rings. The molecule has 0 spiro atoms. The second-order valence-corrected chi connectivity index (χ2v) is 5.68. The molecule has 0 radical (unpaired) electrons. The third-order valence-corrected chi connectivity index (χ3v) is 3.83. The first kappa shape index (κ1) is 13.9. The van der Waals surface area contributed by atoms with Crippen molar-refractivity contribution in [1.29, 1.82) is 0 Å². The fourth-order valence-electron chi connectivity index (χ4n) is 1.93. The molecule has 5 nitrogen and oxygen atoms in total. The minimum atomic E-state index is -5.57. The largest absolute Gasteiger partial charge is 0.534 e. The number of halogens is 3. The van der Waals surface area contributed by atoms with Gasteiger partial charge in [0.15, 0.2) is 0 Å². The minimum absolute atomic E-state index is 0.144. The number of aromatic nitrogens is 2. The molecule has 1 atom stereocenters. The summed E-state index contributed by atoms with van der Waals surface area (Å²) in [4.78, 5) is 0. The van der Waals surface area contributed by atoms with E-state index in [1.165, 1.54) is 6.08 Å². The van der Waals surface area contributed by atoms with Crippen LogP contribution in [0.1, 0.15) is 24.5 Å². The molecule has 2 rings (SSSR count). The van der Waals surface area contributed by atoms with Crippen LogP contribution in [0.2, 0.25) is 0 Å². The lowest BCUT2D eigenvalue weighted by atomic mass is 10.1. The van der Waals surface area contributed by atoms with Crippen LogP contribution in [0.15, 0.2) is 24.1 Å². The van der Waals surface area contributed by atoms with E-state index in [0.717, 1.165) is 5.69 Å². The van der Waals surface area contributed by atoms with Crippen molar-refractivity contribution in [2.75, 3.05) is 0 Å². The molecule has 1 aromatic heterocycles. The molecule has 0 N–H and O–H groups in total. The summed E-state index contributed by atoms with van der Waals surface area (Å²) in [7, 11) is -3.87. The highest BCUT2D eigenvalue weighted by Crippen LogP contribution is 2.36. The highest BCUT2D eigenvalue weighted by Gasteiger charge is 2.49. The maximum atomic E-state index is 12.2. The van der Waals surface area contributed by atoms with Gasteiger partial charge in [0.05, 0.1) is 0 Å². The van der Waals surface area contributed by atoms with E-state index >= 15 is 0 Å². The molecule has 0 aromatic carbocycles. The zero-order valence-corrected chi connectivity index (χ0v) is 10.7. The molecule has 106 valence electrons. The van der Waals surface area contributed by atoms with E-state index in [1.54, 1.807) is 24.0 Å². The Morgan fingerprint density at radius 1 is 1.47 bits per heavy atom. The van der Waals surface area contributed by atoms with Crippen LogP contribution >= 0.6 is 0 Å². The molecule has 1 aliphatic carbocycles. The molecule has 0 bridgehead atoms. The van der Waals surface area contributed by atoms with Crippen LogP contribution in [-0.4, -0.2) is 23.7 Å². The van der Waals surface area contributed by atoms with Gasteiger partial charge in [-0.1, -0.05) is 0 Å². The summed E-state index contributed by atoms with van der Waals surface area (Å²) >= 11 is 0. The summed E-state index contributed by atoms with van der Waals surface area (Å²) in [6.07, 6.45) is 3.59. The van der Waals surface area contributed by atoms with E-state index in [1.807, 2.05) is 0 Å². The number of rotatable bonds is 3. The van der Waals surface area contributed by atoms with Gasteiger partial charge in [-0.25, -0.2) is 0 Å². The van der Waals surface area contributed by atoms with Crippen LogP contribution < -0.4 is 0 Å². The summed E-state index contributed by atoms with van der Waals surface area (Å²) < 4.78 is 63.9. The van der Waals surface area contributed by atoms with Crippen LogP contribution in [0.5, 0.6) is 0 Å². The Morgan fingerprint density at radius 3 is 2.68 bits per heavy atom. The first-order valence-corrected chi connectivity index (χ1v) is 6.81. The Morgan fingerprint density at radius 2 is 2.16 bits per heavy atom. The van der Waals surface area contributed by atoms with Crippen molar-refractivity contribution < 1.29 is 25.8 Å². The highest BCUT2D eigenvalue weighted by molar-refractivity contribution is 7.87. The second-order valence-electron chi connectivity index (χ2n) is 4.14. The first-order valence-electron chi connectivity index (χ1n) is 5.40. The quantitative estimate of drug-likeness (QED) is 0.632. The maximum Gasteiger partial charge on any atom is 0.534 e. The van der Waals surface area contributed by atoms with Crippen LogP contribution in [0, 0.1) is 0 Å². The maximum absolute atomic E-state index is 12.2. The third-order valence-electron chi connectivity index (χ3n) is 2.83. The molecule has 1 aliphatic rings. The van der Waals surface area contributed by atoms with E-state index in [-0.39, 0.29) is 18.1 Å². The van der Waals surface area contributed by atoms with Gasteiger partial charge in [0.2, 0.25) is 0 Å². The number of allylic oxidation sites excluding steroid dienone is 2. The average Bonchev–Trinajstić information content (AvgIpc) is 2.84. The van der Waals surface area contributed by atoms with E-state index in [0.29, 0.717) is 6.42 Å². The Balaban J connectivity index is 2.15.